The molecule has 46 heavy (non-hydrogen) atoms. The van der Waals surface area contributed by atoms with Gasteiger partial charge in [0.15, 0.2) is 0 Å². The fourth-order valence-electron chi connectivity index (χ4n) is 7.46. The molecular weight excluding hydrogens is 556 g/mol. The fraction of sp³-hybridized carbons (Fsp3) is 0. The van der Waals surface area contributed by atoms with Crippen LogP contribution in [0.1, 0.15) is 5.48 Å². The summed E-state index contributed by atoms with van der Waals surface area (Å²) in [6, 6.07) is 49.3. The van der Waals surface area contributed by atoms with E-state index in [1.807, 2.05) is 66.7 Å². The number of hydrogen-bond acceptors (Lipinski definition) is 0. The number of benzene rings is 8. The van der Waals surface area contributed by atoms with Crippen LogP contribution in [0.5, 0.6) is 0 Å². The molecule has 2 heteroatoms. The quantitative estimate of drug-likeness (QED) is 0.194. The highest BCUT2D eigenvalue weighted by atomic mass is 15.0. The van der Waals surface area contributed by atoms with E-state index in [0.717, 1.165) is 60.2 Å². The second-order valence-corrected chi connectivity index (χ2v) is 11.8. The molecule has 0 N–H and O–H groups in total. The smallest absolute Gasteiger partial charge is 0.0645 e. The lowest BCUT2D eigenvalue weighted by atomic mass is 9.97. The molecule has 214 valence electrons. The zero-order chi connectivity index (χ0) is 33.7. The first-order valence-corrected chi connectivity index (χ1v) is 15.5. The van der Waals surface area contributed by atoms with Crippen LogP contribution in [0, 0.1) is 0 Å². The van der Waals surface area contributed by atoms with Gasteiger partial charge < -0.3 is 9.13 Å². The lowest BCUT2D eigenvalue weighted by molar-refractivity contribution is 1.17. The molecule has 2 aromatic heterocycles. The summed E-state index contributed by atoms with van der Waals surface area (Å²) in [4.78, 5) is 0. The third kappa shape index (κ3) is 3.53. The molecule has 8 aromatic carbocycles. The Labute approximate surface area is 271 Å². The molecule has 0 saturated heterocycles. The van der Waals surface area contributed by atoms with Gasteiger partial charge in [-0.3, -0.25) is 0 Å². The second-order valence-electron chi connectivity index (χ2n) is 11.8. The molecule has 2 nitrogen and oxygen atoms in total. The molecule has 0 atom stereocenters. The maximum Gasteiger partial charge on any atom is 0.0645 e. The van der Waals surface area contributed by atoms with Crippen LogP contribution in [-0.4, -0.2) is 9.13 Å². The highest BCUT2D eigenvalue weighted by Crippen LogP contribution is 2.43. The van der Waals surface area contributed by atoms with Crippen molar-refractivity contribution in [2.75, 3.05) is 0 Å². The number of para-hydroxylation sites is 3. The molecule has 0 aliphatic carbocycles. The molecule has 0 spiro atoms. The van der Waals surface area contributed by atoms with Crippen LogP contribution in [0.4, 0.5) is 0 Å². The van der Waals surface area contributed by atoms with Crippen molar-refractivity contribution in [3.63, 3.8) is 0 Å². The van der Waals surface area contributed by atoms with Crippen LogP contribution < -0.4 is 0 Å². The van der Waals surface area contributed by atoms with Gasteiger partial charge in [0.2, 0.25) is 0 Å². The van der Waals surface area contributed by atoms with Gasteiger partial charge in [-0.05, 0) is 69.5 Å². The number of hydrogen-bond donors (Lipinski definition) is 0. The highest BCUT2D eigenvalue weighted by Gasteiger charge is 2.21. The maximum atomic E-state index is 9.46. The minimum Gasteiger partial charge on any atom is -0.309 e. The predicted molar refractivity (Wildman–Crippen MR) is 196 cm³/mol. The summed E-state index contributed by atoms with van der Waals surface area (Å²) in [5, 5.41) is 8.63. The third-order valence-corrected chi connectivity index (χ3v) is 9.41. The van der Waals surface area contributed by atoms with Gasteiger partial charge in [0, 0.05) is 32.8 Å². The largest absolute Gasteiger partial charge is 0.309 e. The highest BCUT2D eigenvalue weighted by molar-refractivity contribution is 6.25. The molecule has 0 unspecified atom stereocenters. The third-order valence-electron chi connectivity index (χ3n) is 9.41. The predicted octanol–water partition coefficient (Wildman–Crippen LogP) is 11.9. The van der Waals surface area contributed by atoms with Crippen molar-refractivity contribution in [3.05, 3.63) is 170 Å². The van der Waals surface area contributed by atoms with E-state index in [1.165, 1.54) is 16.2 Å². The number of rotatable bonds is 3. The Balaban J connectivity index is 1.43. The van der Waals surface area contributed by atoms with E-state index in [4.69, 9.17) is 2.74 Å². The first-order chi connectivity index (χ1) is 24.5. The van der Waals surface area contributed by atoms with Crippen molar-refractivity contribution in [1.29, 1.82) is 0 Å². The van der Waals surface area contributed by atoms with Gasteiger partial charge in [0.05, 0.1) is 33.2 Å². The first kappa shape index (κ1) is 21.6. The van der Waals surface area contributed by atoms with E-state index in [0.29, 0.717) is 11.3 Å². The first-order valence-electron chi connectivity index (χ1n) is 17.5. The van der Waals surface area contributed by atoms with E-state index in [1.54, 1.807) is 0 Å². The molecule has 0 fully saturated rings. The van der Waals surface area contributed by atoms with Crippen LogP contribution in [0.3, 0.4) is 0 Å². The van der Waals surface area contributed by atoms with Gasteiger partial charge in [-0.1, -0.05) is 127 Å². The van der Waals surface area contributed by atoms with Crippen LogP contribution in [0.15, 0.2) is 170 Å². The fourth-order valence-corrected chi connectivity index (χ4v) is 7.46. The van der Waals surface area contributed by atoms with Gasteiger partial charge in [0.1, 0.15) is 0 Å². The van der Waals surface area contributed by atoms with Crippen molar-refractivity contribution < 1.29 is 5.48 Å². The molecular formula is C44H28N2. The normalized spacial score (nSPS) is 13.1. The molecule has 0 amide bonds. The molecule has 2 heterocycles. The van der Waals surface area contributed by atoms with Crippen LogP contribution in [-0.2, 0) is 0 Å². The lowest BCUT2D eigenvalue weighted by Gasteiger charge is -2.16. The van der Waals surface area contributed by atoms with Gasteiger partial charge >= 0.3 is 0 Å². The summed E-state index contributed by atoms with van der Waals surface area (Å²) in [7, 11) is 0. The van der Waals surface area contributed by atoms with Gasteiger partial charge in [-0.2, -0.15) is 0 Å². The summed E-state index contributed by atoms with van der Waals surface area (Å²) in [5.74, 6) is 0. The Kier molecular flexibility index (Phi) is 4.54. The van der Waals surface area contributed by atoms with E-state index in [-0.39, 0.29) is 24.2 Å². The standard InChI is InChI=1S/C44H28N2/c1-2-16-31(17-3-1)45-41-26-25-30-14-5-7-19-33(30)44(41)38-27-37-36-21-9-11-24-40(36)46(42(37)28-43(38)45)39-23-10-8-20-35(39)34-22-12-15-29-13-4-6-18-32(29)34/h1-28H/i8D,10D,20D,23D. The van der Waals surface area contributed by atoms with E-state index in [9.17, 15) is 2.74 Å². The Morgan fingerprint density at radius 3 is 1.93 bits per heavy atom. The maximum absolute atomic E-state index is 9.46. The number of nitrogens with zero attached hydrogens (tertiary/aromatic N) is 2. The summed E-state index contributed by atoms with van der Waals surface area (Å²) in [5.41, 5.74) is 6.59. The molecule has 10 aromatic rings. The number of fused-ring (bicyclic) bond motifs is 9. The Hall–Kier alpha value is -6.12. The van der Waals surface area contributed by atoms with Crippen molar-refractivity contribution in [2.45, 2.75) is 0 Å². The Morgan fingerprint density at radius 1 is 0.391 bits per heavy atom. The van der Waals surface area contributed by atoms with Crippen molar-refractivity contribution in [2.24, 2.45) is 0 Å². The van der Waals surface area contributed by atoms with Crippen molar-refractivity contribution >= 4 is 65.2 Å². The lowest BCUT2D eigenvalue weighted by Crippen LogP contribution is -1.98. The molecule has 0 saturated carbocycles. The minimum absolute atomic E-state index is 0.0609. The van der Waals surface area contributed by atoms with E-state index >= 15 is 0 Å². The van der Waals surface area contributed by atoms with Crippen molar-refractivity contribution in [1.82, 2.24) is 9.13 Å². The van der Waals surface area contributed by atoms with E-state index in [2.05, 4.69) is 88.0 Å². The molecule has 10 rings (SSSR count). The average Bonchev–Trinajstić information content (AvgIpc) is 3.66. The minimum atomic E-state index is -0.258. The van der Waals surface area contributed by atoms with Crippen LogP contribution in [0.25, 0.3) is 87.7 Å². The SMILES string of the molecule is [2H]c1c([2H])c([2H])c(-n2c3ccccc3c3cc4c5c6ccccc6ccc5n(-c5ccccc5)c4cc32)c(-c2cccc3ccccc23)c1[2H]. The summed E-state index contributed by atoms with van der Waals surface area (Å²) in [6.07, 6.45) is 0. The van der Waals surface area contributed by atoms with Gasteiger partial charge in [-0.25, -0.2) is 0 Å². The topological polar surface area (TPSA) is 9.86 Å². The van der Waals surface area contributed by atoms with E-state index < -0.39 is 0 Å². The van der Waals surface area contributed by atoms with Gasteiger partial charge in [-0.15, -0.1) is 0 Å². The summed E-state index contributed by atoms with van der Waals surface area (Å²) in [6.45, 7) is 0. The van der Waals surface area contributed by atoms with Crippen LogP contribution >= 0.6 is 0 Å². The van der Waals surface area contributed by atoms with Crippen LogP contribution in [0.2, 0.25) is 0 Å². The second kappa shape index (κ2) is 9.69. The molecule has 0 aliphatic rings. The molecule has 0 radical (unpaired) electrons. The molecule has 0 aliphatic heterocycles. The zero-order valence-corrected chi connectivity index (χ0v) is 24.8. The zero-order valence-electron chi connectivity index (χ0n) is 28.8. The monoisotopic (exact) mass is 588 g/mol. The Bertz CT molecular complexity index is 3020. The van der Waals surface area contributed by atoms with Crippen molar-refractivity contribution in [3.8, 4) is 22.5 Å². The Morgan fingerprint density at radius 2 is 1.07 bits per heavy atom. The summed E-state index contributed by atoms with van der Waals surface area (Å²) >= 11 is 0. The summed E-state index contributed by atoms with van der Waals surface area (Å²) < 4.78 is 40.8. The molecule has 0 bridgehead atoms. The average molecular weight is 589 g/mol. The van der Waals surface area contributed by atoms with Gasteiger partial charge in [0.25, 0.3) is 0 Å². The number of aromatic nitrogens is 2.